The van der Waals surface area contributed by atoms with E-state index in [0.29, 0.717) is 0 Å². The summed E-state index contributed by atoms with van der Waals surface area (Å²) in [4.78, 5) is 5.30. The average Bonchev–Trinajstić information content (AvgIpc) is 3.01. The zero-order valence-corrected chi connectivity index (χ0v) is 22.9. The number of benzene rings is 5. The van der Waals surface area contributed by atoms with Crippen molar-refractivity contribution in [3.63, 3.8) is 0 Å². The fourth-order valence-electron chi connectivity index (χ4n) is 6.31. The van der Waals surface area contributed by atoms with E-state index in [-0.39, 0.29) is 5.41 Å². The third kappa shape index (κ3) is 3.50. The number of allylic oxidation sites excluding steroid dienone is 2. The molecule has 0 unspecified atom stereocenters. The molecule has 0 radical (unpaired) electrons. The Morgan fingerprint density at radius 2 is 1.08 bits per heavy atom. The van der Waals surface area contributed by atoms with Gasteiger partial charge in [-0.05, 0) is 69.3 Å². The third-order valence-electron chi connectivity index (χ3n) is 8.02. The molecular weight excluding hydrogens is 511 g/mol. The lowest BCUT2D eigenvalue weighted by Gasteiger charge is -2.45. The van der Waals surface area contributed by atoms with Crippen LogP contribution in [0.3, 0.4) is 0 Å². The smallest absolute Gasteiger partial charge is 0.0745 e. The van der Waals surface area contributed by atoms with Gasteiger partial charge < -0.3 is 5.32 Å². The number of rotatable bonds is 2. The minimum absolute atomic E-state index is 0.379. The predicted octanol–water partition coefficient (Wildman–Crippen LogP) is 9.17. The van der Waals surface area contributed by atoms with Crippen molar-refractivity contribution in [2.45, 2.75) is 25.0 Å². The fourth-order valence-corrected chi connectivity index (χ4v) is 8.77. The highest BCUT2D eigenvalue weighted by Gasteiger charge is 2.48. The molecule has 0 amide bonds. The van der Waals surface area contributed by atoms with E-state index < -0.39 is 0 Å². The third-order valence-corrected chi connectivity index (χ3v) is 10.3. The SMILES string of the molecule is C1=CCNC(c2ccc3c(c2)Sc2cc(-c4ccccc4)ccc2C32c3ccccc3Sc3ccccc32)=C1. The molecule has 0 aromatic heterocycles. The van der Waals surface area contributed by atoms with Crippen molar-refractivity contribution >= 4 is 29.2 Å². The first-order valence-electron chi connectivity index (χ1n) is 13.3. The summed E-state index contributed by atoms with van der Waals surface area (Å²) in [6, 6.07) is 42.9. The van der Waals surface area contributed by atoms with Crippen molar-refractivity contribution in [3.05, 3.63) is 161 Å². The maximum Gasteiger partial charge on any atom is 0.0745 e. The molecule has 39 heavy (non-hydrogen) atoms. The first-order chi connectivity index (χ1) is 19.3. The molecule has 0 saturated heterocycles. The quantitative estimate of drug-likeness (QED) is 0.237. The molecule has 0 aliphatic carbocycles. The Morgan fingerprint density at radius 3 is 1.74 bits per heavy atom. The van der Waals surface area contributed by atoms with Crippen molar-refractivity contribution in [1.82, 2.24) is 5.32 Å². The number of fused-ring (bicyclic) bond motifs is 8. The van der Waals surface area contributed by atoms with Gasteiger partial charge in [-0.3, -0.25) is 0 Å². The van der Waals surface area contributed by atoms with Crippen molar-refractivity contribution in [1.29, 1.82) is 0 Å². The summed E-state index contributed by atoms with van der Waals surface area (Å²) in [6.45, 7) is 0.862. The lowest BCUT2D eigenvalue weighted by molar-refractivity contribution is 0.667. The van der Waals surface area contributed by atoms with Gasteiger partial charge in [0.2, 0.25) is 0 Å². The molecule has 0 bridgehead atoms. The zero-order valence-electron chi connectivity index (χ0n) is 21.2. The Labute approximate surface area is 237 Å². The second-order valence-corrected chi connectivity index (χ2v) is 12.3. The average molecular weight is 536 g/mol. The van der Waals surface area contributed by atoms with E-state index in [1.807, 2.05) is 23.5 Å². The lowest BCUT2D eigenvalue weighted by Crippen LogP contribution is -2.36. The van der Waals surface area contributed by atoms with E-state index in [9.17, 15) is 0 Å². The van der Waals surface area contributed by atoms with Gasteiger partial charge in [-0.2, -0.15) is 0 Å². The van der Waals surface area contributed by atoms with Crippen molar-refractivity contribution in [2.75, 3.05) is 6.54 Å². The van der Waals surface area contributed by atoms with E-state index >= 15 is 0 Å². The van der Waals surface area contributed by atoms with Gasteiger partial charge in [0.15, 0.2) is 0 Å². The van der Waals surface area contributed by atoms with E-state index in [1.165, 1.54) is 64.2 Å². The Hall–Kier alpha value is -3.92. The van der Waals surface area contributed by atoms with Crippen LogP contribution in [0.1, 0.15) is 27.8 Å². The second-order valence-electron chi connectivity index (χ2n) is 10.1. The highest BCUT2D eigenvalue weighted by molar-refractivity contribution is 8.00. The van der Waals surface area contributed by atoms with Crippen LogP contribution >= 0.6 is 23.5 Å². The number of nitrogens with one attached hydrogen (secondary N) is 1. The Morgan fingerprint density at radius 1 is 0.513 bits per heavy atom. The first-order valence-corrected chi connectivity index (χ1v) is 15.0. The van der Waals surface area contributed by atoms with Crippen LogP contribution in [0.25, 0.3) is 16.8 Å². The van der Waals surface area contributed by atoms with Crippen LogP contribution < -0.4 is 5.32 Å². The normalized spacial score (nSPS) is 15.8. The maximum absolute atomic E-state index is 3.56. The van der Waals surface area contributed by atoms with Crippen LogP contribution in [0.5, 0.6) is 0 Å². The number of dihydropyridines is 1. The van der Waals surface area contributed by atoms with E-state index in [1.54, 1.807) is 0 Å². The van der Waals surface area contributed by atoms with Crippen molar-refractivity contribution in [3.8, 4) is 11.1 Å². The second kappa shape index (κ2) is 9.08. The Bertz CT molecular complexity index is 1770. The molecule has 8 rings (SSSR count). The van der Waals surface area contributed by atoms with Crippen LogP contribution in [-0.4, -0.2) is 6.54 Å². The molecule has 1 spiro atoms. The fraction of sp³-hybridized carbons (Fsp3) is 0.0556. The monoisotopic (exact) mass is 535 g/mol. The summed E-state index contributed by atoms with van der Waals surface area (Å²) in [7, 11) is 0. The molecule has 3 heterocycles. The standard InChI is InChI=1S/C36H25NS2/c1-2-10-24(11-3-1)25-17-19-29-34(22-25)39-35-23-26(31-14-8-9-21-37-31)18-20-30(35)36(29)27-12-4-6-15-32(27)38-33-16-7-5-13-28(33)36/h1-20,22-23,37H,21H2. The van der Waals surface area contributed by atoms with Gasteiger partial charge >= 0.3 is 0 Å². The summed E-state index contributed by atoms with van der Waals surface area (Å²) in [6.07, 6.45) is 6.48. The summed E-state index contributed by atoms with van der Waals surface area (Å²) in [5, 5.41) is 3.56. The highest BCUT2D eigenvalue weighted by atomic mass is 32.2. The summed E-state index contributed by atoms with van der Waals surface area (Å²) < 4.78 is 0. The van der Waals surface area contributed by atoms with Gasteiger partial charge in [0, 0.05) is 31.8 Å². The minimum atomic E-state index is -0.379. The van der Waals surface area contributed by atoms with Gasteiger partial charge in [-0.15, -0.1) is 0 Å². The van der Waals surface area contributed by atoms with E-state index in [2.05, 4.69) is 139 Å². The van der Waals surface area contributed by atoms with Gasteiger partial charge in [-0.1, -0.05) is 127 Å². The van der Waals surface area contributed by atoms with Crippen LogP contribution in [0.15, 0.2) is 153 Å². The Kier molecular flexibility index (Phi) is 5.36. The molecule has 5 aromatic rings. The molecule has 0 atom stereocenters. The topological polar surface area (TPSA) is 12.0 Å². The molecule has 3 aliphatic heterocycles. The summed E-state index contributed by atoms with van der Waals surface area (Å²) in [5.74, 6) is 0. The van der Waals surface area contributed by atoms with Crippen LogP contribution in [0.2, 0.25) is 0 Å². The van der Waals surface area contributed by atoms with E-state index in [0.717, 1.165) is 6.54 Å². The summed E-state index contributed by atoms with van der Waals surface area (Å²) >= 11 is 3.80. The molecule has 1 N–H and O–H groups in total. The Balaban J connectivity index is 1.45. The van der Waals surface area contributed by atoms with Crippen LogP contribution in [-0.2, 0) is 5.41 Å². The lowest BCUT2D eigenvalue weighted by atomic mass is 9.64. The largest absolute Gasteiger partial charge is 0.381 e. The maximum atomic E-state index is 3.56. The number of hydrogen-bond acceptors (Lipinski definition) is 3. The summed E-state index contributed by atoms with van der Waals surface area (Å²) in [5.41, 5.74) is 10.0. The highest BCUT2D eigenvalue weighted by Crippen LogP contribution is 2.61. The molecule has 3 heteroatoms. The van der Waals surface area contributed by atoms with Crippen molar-refractivity contribution in [2.24, 2.45) is 0 Å². The molecule has 186 valence electrons. The molecule has 5 aromatic carbocycles. The van der Waals surface area contributed by atoms with Crippen LogP contribution in [0, 0.1) is 0 Å². The van der Waals surface area contributed by atoms with Crippen LogP contribution in [0.4, 0.5) is 0 Å². The number of hydrogen-bond donors (Lipinski definition) is 1. The van der Waals surface area contributed by atoms with Gasteiger partial charge in [0.25, 0.3) is 0 Å². The van der Waals surface area contributed by atoms with Gasteiger partial charge in [0.05, 0.1) is 5.41 Å². The molecule has 0 fully saturated rings. The molecule has 1 nitrogen and oxygen atoms in total. The minimum Gasteiger partial charge on any atom is -0.381 e. The predicted molar refractivity (Wildman–Crippen MR) is 164 cm³/mol. The molecule has 0 saturated carbocycles. The van der Waals surface area contributed by atoms with Crippen molar-refractivity contribution < 1.29 is 0 Å². The zero-order chi connectivity index (χ0) is 25.8. The molecule has 3 aliphatic rings. The first kappa shape index (κ1) is 23.0. The van der Waals surface area contributed by atoms with Gasteiger partial charge in [-0.25, -0.2) is 0 Å². The van der Waals surface area contributed by atoms with Gasteiger partial charge in [0.1, 0.15) is 0 Å². The molecular formula is C36H25NS2. The van der Waals surface area contributed by atoms with E-state index in [4.69, 9.17) is 0 Å².